The Bertz CT molecular complexity index is 435. The van der Waals surface area contributed by atoms with Gasteiger partial charge in [0.15, 0.2) is 0 Å². The zero-order chi connectivity index (χ0) is 12.7. The minimum absolute atomic E-state index is 0.276. The molecule has 2 aliphatic rings. The molecule has 1 aromatic rings. The molecule has 0 aromatic carbocycles. The second-order valence-electron chi connectivity index (χ2n) is 5.56. The summed E-state index contributed by atoms with van der Waals surface area (Å²) in [5.41, 5.74) is 0.770. The molecule has 0 amide bonds. The zero-order valence-corrected chi connectivity index (χ0v) is 11.0. The Hall–Kier alpha value is -1.16. The molecule has 0 saturated carbocycles. The third kappa shape index (κ3) is 1.88. The van der Waals surface area contributed by atoms with Gasteiger partial charge in [0.05, 0.1) is 0 Å². The molecule has 98 valence electrons. The molecule has 18 heavy (non-hydrogen) atoms. The lowest BCUT2D eigenvalue weighted by atomic mass is 9.94. The fourth-order valence-corrected chi connectivity index (χ4v) is 3.09. The summed E-state index contributed by atoms with van der Waals surface area (Å²) in [4.78, 5) is 9.12. The van der Waals surface area contributed by atoms with E-state index in [1.807, 2.05) is 12.1 Å². The molecular formula is C14H20FN3. The molecule has 0 N–H and O–H groups in total. The van der Waals surface area contributed by atoms with Gasteiger partial charge in [0.2, 0.25) is 0 Å². The van der Waals surface area contributed by atoms with Gasteiger partial charge in [-0.15, -0.1) is 0 Å². The lowest BCUT2D eigenvalue weighted by molar-refractivity contribution is 0.153. The fraction of sp³-hybridized carbons (Fsp3) is 0.643. The number of aromatic nitrogens is 1. The average Bonchev–Trinajstić information content (AvgIpc) is 2.38. The highest BCUT2D eigenvalue weighted by atomic mass is 19.1. The number of pyridine rings is 1. The average molecular weight is 249 g/mol. The van der Waals surface area contributed by atoms with Crippen LogP contribution >= 0.6 is 0 Å². The summed E-state index contributed by atoms with van der Waals surface area (Å²) in [7, 11) is 0. The number of anilines is 1. The Balaban J connectivity index is 1.88. The lowest BCUT2D eigenvalue weighted by Gasteiger charge is -2.47. The van der Waals surface area contributed by atoms with Gasteiger partial charge in [0.25, 0.3) is 0 Å². The molecule has 2 aliphatic heterocycles. The molecule has 0 spiro atoms. The first-order chi connectivity index (χ1) is 8.66. The maximum atomic E-state index is 14.2. The summed E-state index contributed by atoms with van der Waals surface area (Å²) in [6.45, 7) is 7.37. The first kappa shape index (κ1) is 11.9. The number of hydrogen-bond acceptors (Lipinski definition) is 3. The summed E-state index contributed by atoms with van der Waals surface area (Å²) < 4.78 is 14.2. The van der Waals surface area contributed by atoms with E-state index in [-0.39, 0.29) is 6.04 Å². The van der Waals surface area contributed by atoms with Crippen LogP contribution in [0, 0.1) is 0 Å². The number of fused-ring (bicyclic) bond motifs is 3. The molecule has 3 nitrogen and oxygen atoms in total. The summed E-state index contributed by atoms with van der Waals surface area (Å²) in [6, 6.07) is 4.52. The first-order valence-electron chi connectivity index (χ1n) is 6.76. The van der Waals surface area contributed by atoms with Crippen LogP contribution in [0.4, 0.5) is 10.2 Å². The van der Waals surface area contributed by atoms with Crippen LogP contribution in [0.1, 0.15) is 32.0 Å². The molecule has 0 aliphatic carbocycles. The summed E-state index contributed by atoms with van der Waals surface area (Å²) in [5.74, 6) is 0.865. The van der Waals surface area contributed by atoms with Crippen LogP contribution in [-0.4, -0.2) is 41.6 Å². The van der Waals surface area contributed by atoms with Gasteiger partial charge < -0.3 is 4.90 Å². The van der Waals surface area contributed by atoms with Crippen LogP contribution in [-0.2, 0) is 0 Å². The molecular weight excluding hydrogens is 229 g/mol. The SMILES string of the molecule is CC(C)N1CCN2c3ncccc3C(F)C[C@@H]2C1. The topological polar surface area (TPSA) is 19.4 Å². The molecule has 1 unspecified atom stereocenters. The van der Waals surface area contributed by atoms with E-state index in [2.05, 4.69) is 28.6 Å². The van der Waals surface area contributed by atoms with E-state index in [1.54, 1.807) is 6.20 Å². The van der Waals surface area contributed by atoms with Gasteiger partial charge in [-0.1, -0.05) is 6.07 Å². The molecule has 1 fully saturated rings. The van der Waals surface area contributed by atoms with Crippen molar-refractivity contribution in [2.24, 2.45) is 0 Å². The highest BCUT2D eigenvalue weighted by Gasteiger charge is 2.37. The van der Waals surface area contributed by atoms with E-state index in [0.717, 1.165) is 31.0 Å². The summed E-state index contributed by atoms with van der Waals surface area (Å²) in [5, 5.41) is 0. The largest absolute Gasteiger partial charge is 0.351 e. The van der Waals surface area contributed by atoms with E-state index in [0.29, 0.717) is 12.5 Å². The Morgan fingerprint density at radius 3 is 3.00 bits per heavy atom. The van der Waals surface area contributed by atoms with E-state index in [1.165, 1.54) is 0 Å². The van der Waals surface area contributed by atoms with Gasteiger partial charge >= 0.3 is 0 Å². The van der Waals surface area contributed by atoms with E-state index >= 15 is 0 Å². The quantitative estimate of drug-likeness (QED) is 0.762. The second-order valence-corrected chi connectivity index (χ2v) is 5.56. The van der Waals surface area contributed by atoms with Crippen molar-refractivity contribution in [3.05, 3.63) is 23.9 Å². The smallest absolute Gasteiger partial charge is 0.134 e. The van der Waals surface area contributed by atoms with Crippen molar-refractivity contribution >= 4 is 5.82 Å². The van der Waals surface area contributed by atoms with Gasteiger partial charge in [-0.05, 0) is 19.9 Å². The van der Waals surface area contributed by atoms with Crippen LogP contribution in [0.15, 0.2) is 18.3 Å². The maximum absolute atomic E-state index is 14.2. The van der Waals surface area contributed by atoms with Gasteiger partial charge in [0, 0.05) is 49.9 Å². The van der Waals surface area contributed by atoms with Gasteiger partial charge in [0.1, 0.15) is 12.0 Å². The highest BCUT2D eigenvalue weighted by molar-refractivity contribution is 5.52. The molecule has 3 rings (SSSR count). The zero-order valence-electron chi connectivity index (χ0n) is 11.0. The Labute approximate surface area is 108 Å². The number of nitrogens with zero attached hydrogens (tertiary/aromatic N) is 3. The molecule has 1 aromatic heterocycles. The molecule has 1 saturated heterocycles. The van der Waals surface area contributed by atoms with Gasteiger partial charge in [-0.25, -0.2) is 9.37 Å². The molecule has 2 atom stereocenters. The highest BCUT2D eigenvalue weighted by Crippen LogP contribution is 2.38. The standard InChI is InChI=1S/C14H20FN3/c1-10(2)17-6-7-18-11(9-17)8-13(15)12-4-3-5-16-14(12)18/h3-5,10-11,13H,6-9H2,1-2H3/t11-,13?/m1/s1. The van der Waals surface area contributed by atoms with E-state index < -0.39 is 6.17 Å². The van der Waals surface area contributed by atoms with Crippen molar-refractivity contribution in [1.82, 2.24) is 9.88 Å². The fourth-order valence-electron chi connectivity index (χ4n) is 3.09. The van der Waals surface area contributed by atoms with Crippen molar-refractivity contribution < 1.29 is 4.39 Å². The number of hydrogen-bond donors (Lipinski definition) is 0. The van der Waals surface area contributed by atoms with Crippen molar-refractivity contribution in [3.8, 4) is 0 Å². The second kappa shape index (κ2) is 4.50. The maximum Gasteiger partial charge on any atom is 0.134 e. The van der Waals surface area contributed by atoms with Crippen LogP contribution in [0.3, 0.4) is 0 Å². The number of halogens is 1. The Morgan fingerprint density at radius 2 is 2.22 bits per heavy atom. The summed E-state index contributed by atoms with van der Waals surface area (Å²) in [6.07, 6.45) is 1.51. The van der Waals surface area contributed by atoms with Crippen LogP contribution in [0.25, 0.3) is 0 Å². The lowest BCUT2D eigenvalue weighted by Crippen LogP contribution is -2.57. The van der Waals surface area contributed by atoms with Crippen LogP contribution in [0.2, 0.25) is 0 Å². The normalized spacial score (nSPS) is 28.1. The Kier molecular flexibility index (Phi) is 2.98. The van der Waals surface area contributed by atoms with Crippen molar-refractivity contribution in [2.75, 3.05) is 24.5 Å². The molecule has 0 radical (unpaired) electrons. The summed E-state index contributed by atoms with van der Waals surface area (Å²) >= 11 is 0. The van der Waals surface area contributed by atoms with Gasteiger partial charge in [-0.3, -0.25) is 4.90 Å². The molecule has 3 heterocycles. The van der Waals surface area contributed by atoms with Crippen molar-refractivity contribution in [3.63, 3.8) is 0 Å². The minimum Gasteiger partial charge on any atom is -0.351 e. The van der Waals surface area contributed by atoms with Crippen molar-refractivity contribution in [1.29, 1.82) is 0 Å². The molecule has 0 bridgehead atoms. The van der Waals surface area contributed by atoms with Crippen LogP contribution in [0.5, 0.6) is 0 Å². The Morgan fingerprint density at radius 1 is 1.39 bits per heavy atom. The predicted octanol–water partition coefficient (Wildman–Crippen LogP) is 2.39. The first-order valence-corrected chi connectivity index (χ1v) is 6.76. The minimum atomic E-state index is -0.859. The predicted molar refractivity (Wildman–Crippen MR) is 70.5 cm³/mol. The number of alkyl halides is 1. The van der Waals surface area contributed by atoms with Gasteiger partial charge in [-0.2, -0.15) is 0 Å². The van der Waals surface area contributed by atoms with Crippen molar-refractivity contribution in [2.45, 2.75) is 38.5 Å². The monoisotopic (exact) mass is 249 g/mol. The number of piperazine rings is 1. The third-order valence-electron chi connectivity index (χ3n) is 4.15. The number of rotatable bonds is 1. The van der Waals surface area contributed by atoms with E-state index in [9.17, 15) is 4.39 Å². The third-order valence-corrected chi connectivity index (χ3v) is 4.15. The molecule has 4 heteroatoms. The van der Waals surface area contributed by atoms with E-state index in [4.69, 9.17) is 0 Å². The van der Waals surface area contributed by atoms with Crippen LogP contribution < -0.4 is 4.90 Å².